The minimum absolute atomic E-state index is 0.403. The van der Waals surface area contributed by atoms with Crippen molar-refractivity contribution in [2.75, 3.05) is 0 Å². The van der Waals surface area contributed by atoms with Gasteiger partial charge in [-0.2, -0.15) is 14.9 Å². The minimum atomic E-state index is 0.403. The first kappa shape index (κ1) is 6.96. The van der Waals surface area contributed by atoms with Gasteiger partial charge in [-0.3, -0.25) is 0 Å². The smallest absolute Gasteiger partial charge is 0.280 e. The maximum Gasteiger partial charge on any atom is 0.280 e. The van der Waals surface area contributed by atoms with Gasteiger partial charge in [0.25, 0.3) is 5.89 Å². The lowest BCUT2D eigenvalue weighted by Crippen LogP contribution is -1.91. The third kappa shape index (κ3) is 1.07. The summed E-state index contributed by atoms with van der Waals surface area (Å²) in [5.41, 5.74) is 0.595. The highest BCUT2D eigenvalue weighted by Gasteiger charge is 2.08. The molecule has 6 nitrogen and oxygen atoms in total. The lowest BCUT2D eigenvalue weighted by atomic mass is 10.5. The Kier molecular flexibility index (Phi) is 1.39. The predicted molar refractivity (Wildman–Crippen MR) is 39.0 cm³/mol. The molecule has 0 aliphatic carbocycles. The molecule has 0 aromatic carbocycles. The summed E-state index contributed by atoms with van der Waals surface area (Å²) in [4.78, 5) is 5.44. The van der Waals surface area contributed by atoms with E-state index in [0.717, 1.165) is 0 Å². The second kappa shape index (κ2) is 2.40. The molecule has 12 heavy (non-hydrogen) atoms. The van der Waals surface area contributed by atoms with Crippen molar-refractivity contribution in [2.45, 2.75) is 6.92 Å². The Morgan fingerprint density at radius 1 is 1.50 bits per heavy atom. The van der Waals surface area contributed by atoms with Crippen LogP contribution in [0.4, 0.5) is 0 Å². The first-order chi connectivity index (χ1) is 5.75. The van der Waals surface area contributed by atoms with E-state index in [1.165, 1.54) is 4.80 Å². The first-order valence-corrected chi connectivity index (χ1v) is 3.43. The van der Waals surface area contributed by atoms with Crippen molar-refractivity contribution in [1.82, 2.24) is 25.1 Å². The van der Waals surface area contributed by atoms with Crippen LogP contribution in [0.25, 0.3) is 11.6 Å². The van der Waals surface area contributed by atoms with Gasteiger partial charge in [-0.15, -0.1) is 5.10 Å². The molecule has 0 amide bonds. The maximum absolute atomic E-state index is 4.89. The summed E-state index contributed by atoms with van der Waals surface area (Å²) in [5.74, 6) is 0.997. The van der Waals surface area contributed by atoms with Gasteiger partial charge in [-0.1, -0.05) is 5.16 Å². The van der Waals surface area contributed by atoms with E-state index in [9.17, 15) is 0 Å². The van der Waals surface area contributed by atoms with Gasteiger partial charge in [0.05, 0.1) is 6.20 Å². The summed E-state index contributed by atoms with van der Waals surface area (Å²) in [6.45, 7) is 1.75. The van der Waals surface area contributed by atoms with E-state index in [-0.39, 0.29) is 0 Å². The Labute approximate surface area is 68.2 Å². The monoisotopic (exact) mass is 165 g/mol. The fourth-order valence-corrected chi connectivity index (χ4v) is 0.845. The predicted octanol–water partition coefficient (Wildman–Crippen LogP) is 0.174. The van der Waals surface area contributed by atoms with Gasteiger partial charge in [0, 0.05) is 7.05 Å². The molecule has 0 aliphatic rings. The number of aryl methyl sites for hydroxylation is 2. The molecule has 0 bridgehead atoms. The van der Waals surface area contributed by atoms with Crippen LogP contribution in [-0.4, -0.2) is 25.1 Å². The highest BCUT2D eigenvalue weighted by atomic mass is 16.5. The van der Waals surface area contributed by atoms with Crippen molar-refractivity contribution in [3.05, 3.63) is 12.0 Å². The van der Waals surface area contributed by atoms with Crippen LogP contribution in [0.2, 0.25) is 0 Å². The lowest BCUT2D eigenvalue weighted by Gasteiger charge is -1.81. The van der Waals surface area contributed by atoms with Gasteiger partial charge in [-0.05, 0) is 6.92 Å². The third-order valence-corrected chi connectivity index (χ3v) is 1.35. The second-order valence-electron chi connectivity index (χ2n) is 2.37. The van der Waals surface area contributed by atoms with Crippen LogP contribution in [0.3, 0.4) is 0 Å². The number of hydrogen-bond donors (Lipinski definition) is 0. The SMILES string of the molecule is Cc1noc(-c2cnn(C)n2)n1. The normalized spacial score (nSPS) is 10.5. The van der Waals surface area contributed by atoms with Crippen molar-refractivity contribution in [2.24, 2.45) is 7.05 Å². The number of aromatic nitrogens is 5. The van der Waals surface area contributed by atoms with Gasteiger partial charge < -0.3 is 4.52 Å². The van der Waals surface area contributed by atoms with E-state index in [1.807, 2.05) is 0 Å². The molecule has 0 aliphatic heterocycles. The molecule has 2 aromatic rings. The Bertz CT molecular complexity index is 352. The van der Waals surface area contributed by atoms with E-state index in [2.05, 4.69) is 20.3 Å². The summed E-state index contributed by atoms with van der Waals surface area (Å²) in [6, 6.07) is 0. The van der Waals surface area contributed by atoms with Crippen molar-refractivity contribution < 1.29 is 4.52 Å². The number of rotatable bonds is 1. The van der Waals surface area contributed by atoms with Crippen molar-refractivity contribution in [3.63, 3.8) is 0 Å². The summed E-state index contributed by atoms with van der Waals surface area (Å²) >= 11 is 0. The van der Waals surface area contributed by atoms with Crippen LogP contribution < -0.4 is 0 Å². The van der Waals surface area contributed by atoms with Crippen LogP contribution in [0.1, 0.15) is 5.82 Å². The van der Waals surface area contributed by atoms with Crippen molar-refractivity contribution >= 4 is 0 Å². The molecule has 0 saturated heterocycles. The summed E-state index contributed by atoms with van der Waals surface area (Å²) < 4.78 is 4.89. The fraction of sp³-hybridized carbons (Fsp3) is 0.333. The van der Waals surface area contributed by atoms with Gasteiger partial charge in [0.15, 0.2) is 11.5 Å². The van der Waals surface area contributed by atoms with E-state index < -0.39 is 0 Å². The molecule has 2 aromatic heterocycles. The van der Waals surface area contributed by atoms with E-state index in [0.29, 0.717) is 17.4 Å². The number of nitrogens with zero attached hydrogens (tertiary/aromatic N) is 5. The van der Waals surface area contributed by atoms with E-state index in [4.69, 9.17) is 4.52 Å². The third-order valence-electron chi connectivity index (χ3n) is 1.35. The molecule has 2 heterocycles. The van der Waals surface area contributed by atoms with Crippen LogP contribution in [0, 0.1) is 6.92 Å². The summed E-state index contributed by atoms with van der Waals surface area (Å²) in [5, 5.41) is 11.5. The second-order valence-corrected chi connectivity index (χ2v) is 2.37. The number of hydrogen-bond acceptors (Lipinski definition) is 5. The molecule has 0 fully saturated rings. The molecule has 2 rings (SSSR count). The molecule has 0 saturated carbocycles. The minimum Gasteiger partial charge on any atom is -0.332 e. The topological polar surface area (TPSA) is 69.6 Å². The van der Waals surface area contributed by atoms with Crippen molar-refractivity contribution in [1.29, 1.82) is 0 Å². The van der Waals surface area contributed by atoms with Gasteiger partial charge in [0.2, 0.25) is 0 Å². The van der Waals surface area contributed by atoms with Gasteiger partial charge in [-0.25, -0.2) is 0 Å². The molecule has 6 heteroatoms. The Morgan fingerprint density at radius 2 is 2.33 bits per heavy atom. The summed E-state index contributed by atoms with van der Waals surface area (Å²) in [7, 11) is 1.73. The highest BCUT2D eigenvalue weighted by molar-refractivity contribution is 5.42. The largest absolute Gasteiger partial charge is 0.332 e. The molecule has 0 atom stereocenters. The van der Waals surface area contributed by atoms with Crippen LogP contribution in [0.15, 0.2) is 10.7 Å². The molecule has 0 unspecified atom stereocenters. The standard InChI is InChI=1S/C6H7N5O/c1-4-8-6(12-10-4)5-3-7-11(2)9-5/h3H,1-2H3. The van der Waals surface area contributed by atoms with Crippen LogP contribution >= 0.6 is 0 Å². The Balaban J connectivity index is 2.43. The molecule has 62 valence electrons. The van der Waals surface area contributed by atoms with E-state index >= 15 is 0 Å². The maximum atomic E-state index is 4.89. The Hall–Kier alpha value is -1.72. The van der Waals surface area contributed by atoms with Gasteiger partial charge >= 0.3 is 0 Å². The molecule has 0 N–H and O–H groups in total. The average Bonchev–Trinajstić information content (AvgIpc) is 2.58. The van der Waals surface area contributed by atoms with Gasteiger partial charge in [0.1, 0.15) is 0 Å². The van der Waals surface area contributed by atoms with Crippen molar-refractivity contribution in [3.8, 4) is 11.6 Å². The van der Waals surface area contributed by atoms with Crippen LogP contribution in [0.5, 0.6) is 0 Å². The molecule has 0 spiro atoms. The zero-order valence-electron chi connectivity index (χ0n) is 6.72. The zero-order valence-corrected chi connectivity index (χ0v) is 6.72. The molecular formula is C6H7N5O. The average molecular weight is 165 g/mol. The zero-order chi connectivity index (χ0) is 8.55. The Morgan fingerprint density at radius 3 is 2.83 bits per heavy atom. The van der Waals surface area contributed by atoms with E-state index in [1.54, 1.807) is 20.2 Å². The first-order valence-electron chi connectivity index (χ1n) is 3.43. The highest BCUT2D eigenvalue weighted by Crippen LogP contribution is 2.11. The summed E-state index contributed by atoms with van der Waals surface area (Å²) in [6.07, 6.45) is 1.58. The molecular weight excluding hydrogens is 158 g/mol. The quantitative estimate of drug-likeness (QED) is 0.602. The fourth-order valence-electron chi connectivity index (χ4n) is 0.845. The molecule has 0 radical (unpaired) electrons. The lowest BCUT2D eigenvalue weighted by molar-refractivity contribution is 0.424. The van der Waals surface area contributed by atoms with Crippen LogP contribution in [-0.2, 0) is 7.05 Å².